The summed E-state index contributed by atoms with van der Waals surface area (Å²) in [5, 5.41) is 9.13. The predicted octanol–water partition coefficient (Wildman–Crippen LogP) is 5.87. The van der Waals surface area contributed by atoms with E-state index >= 15 is 0 Å². The summed E-state index contributed by atoms with van der Waals surface area (Å²) in [5.41, 5.74) is 0. The van der Waals surface area contributed by atoms with Gasteiger partial charge in [0.05, 0.1) is 0 Å². The van der Waals surface area contributed by atoms with E-state index in [4.69, 9.17) is 9.84 Å². The molecule has 4 nitrogen and oxygen atoms in total. The predicted molar refractivity (Wildman–Crippen MR) is 98.1 cm³/mol. The maximum Gasteiger partial charge on any atom is 0.345 e. The number of carbonyl (C=O) groups is 2. The molecule has 1 N–H and O–H groups in total. The topological polar surface area (TPSA) is 63.6 Å². The minimum absolute atomic E-state index is 0.342. The summed E-state index contributed by atoms with van der Waals surface area (Å²) >= 11 is 0. The van der Waals surface area contributed by atoms with E-state index in [0.29, 0.717) is 12.8 Å². The van der Waals surface area contributed by atoms with Crippen LogP contribution in [0.4, 0.5) is 0 Å². The van der Waals surface area contributed by atoms with Crippen LogP contribution in [0.3, 0.4) is 0 Å². The summed E-state index contributed by atoms with van der Waals surface area (Å²) in [4.78, 5) is 22.9. The second-order valence-corrected chi connectivity index (χ2v) is 6.74. The lowest BCUT2D eigenvalue weighted by molar-refractivity contribution is -0.164. The van der Waals surface area contributed by atoms with Gasteiger partial charge in [0.1, 0.15) is 0 Å². The number of ether oxygens (including phenoxy) is 1. The summed E-state index contributed by atoms with van der Waals surface area (Å²) in [7, 11) is 0. The fourth-order valence-electron chi connectivity index (χ4n) is 2.79. The Balaban J connectivity index is 3.64. The highest BCUT2D eigenvalue weighted by Gasteiger charge is 2.21. The maximum atomic E-state index is 11.8. The summed E-state index contributed by atoms with van der Waals surface area (Å²) in [6.07, 6.45) is 14.5. The Morgan fingerprint density at radius 2 is 1.21 bits per heavy atom. The van der Waals surface area contributed by atoms with Crippen LogP contribution >= 0.6 is 0 Å². The molecule has 0 radical (unpaired) electrons. The minimum Gasteiger partial charge on any atom is -0.479 e. The zero-order chi connectivity index (χ0) is 18.0. The molecule has 0 aliphatic rings. The second-order valence-electron chi connectivity index (χ2n) is 6.74. The lowest BCUT2D eigenvalue weighted by Gasteiger charge is -2.13. The highest BCUT2D eigenvalue weighted by molar-refractivity contribution is 5.77. The molecule has 0 heterocycles. The van der Waals surface area contributed by atoms with Crippen molar-refractivity contribution < 1.29 is 19.4 Å². The SMILES string of the molecule is CCCCCCCCCCCC(=O)OC(CCCCCC)C(=O)O. The molecule has 0 amide bonds. The zero-order valence-electron chi connectivity index (χ0n) is 15.9. The van der Waals surface area contributed by atoms with Crippen molar-refractivity contribution >= 4 is 11.9 Å². The monoisotopic (exact) mass is 342 g/mol. The summed E-state index contributed by atoms with van der Waals surface area (Å²) < 4.78 is 5.13. The molecule has 142 valence electrons. The van der Waals surface area contributed by atoms with Gasteiger partial charge < -0.3 is 9.84 Å². The average molecular weight is 343 g/mol. The number of unbranched alkanes of at least 4 members (excludes halogenated alkanes) is 11. The fraction of sp³-hybridized carbons (Fsp3) is 0.900. The normalized spacial score (nSPS) is 12.1. The van der Waals surface area contributed by atoms with Crippen LogP contribution in [0.15, 0.2) is 0 Å². The first-order valence-electron chi connectivity index (χ1n) is 10.0. The molecule has 0 saturated heterocycles. The zero-order valence-corrected chi connectivity index (χ0v) is 15.9. The van der Waals surface area contributed by atoms with E-state index < -0.39 is 12.1 Å². The molecule has 1 atom stereocenters. The van der Waals surface area contributed by atoms with E-state index in [9.17, 15) is 9.59 Å². The van der Waals surface area contributed by atoms with Gasteiger partial charge in [-0.15, -0.1) is 0 Å². The Hall–Kier alpha value is -1.06. The standard InChI is InChI=1S/C20H38O4/c1-3-5-7-9-10-11-12-13-15-17-19(21)24-18(20(22)23)16-14-8-6-4-2/h18H,3-17H2,1-2H3,(H,22,23). The van der Waals surface area contributed by atoms with E-state index in [1.54, 1.807) is 0 Å². The van der Waals surface area contributed by atoms with Crippen LogP contribution in [0, 0.1) is 0 Å². The van der Waals surface area contributed by atoms with Crippen LogP contribution in [-0.4, -0.2) is 23.1 Å². The van der Waals surface area contributed by atoms with Gasteiger partial charge in [-0.1, -0.05) is 84.5 Å². The third kappa shape index (κ3) is 14.5. The molecule has 0 rings (SSSR count). The number of hydrogen-bond donors (Lipinski definition) is 1. The quantitative estimate of drug-likeness (QED) is 0.265. The van der Waals surface area contributed by atoms with E-state index in [1.807, 2.05) is 0 Å². The van der Waals surface area contributed by atoms with E-state index in [2.05, 4.69) is 13.8 Å². The number of rotatable bonds is 17. The number of esters is 1. The molecule has 0 aliphatic heterocycles. The van der Waals surface area contributed by atoms with Crippen LogP contribution < -0.4 is 0 Å². The minimum atomic E-state index is -1.02. The number of carboxylic acid groups (broad SMARTS) is 1. The summed E-state index contributed by atoms with van der Waals surface area (Å²) in [5.74, 6) is -1.38. The van der Waals surface area contributed by atoms with E-state index in [0.717, 1.165) is 44.9 Å². The highest BCUT2D eigenvalue weighted by atomic mass is 16.6. The van der Waals surface area contributed by atoms with E-state index in [1.165, 1.54) is 38.5 Å². The number of carboxylic acids is 1. The van der Waals surface area contributed by atoms with Crippen LogP contribution in [-0.2, 0) is 14.3 Å². The van der Waals surface area contributed by atoms with Crippen LogP contribution in [0.25, 0.3) is 0 Å². The van der Waals surface area contributed by atoms with Crippen LogP contribution in [0.5, 0.6) is 0 Å². The van der Waals surface area contributed by atoms with Crippen molar-refractivity contribution in [3.63, 3.8) is 0 Å². The largest absolute Gasteiger partial charge is 0.479 e. The Morgan fingerprint density at radius 3 is 1.71 bits per heavy atom. The molecule has 0 aromatic heterocycles. The first-order chi connectivity index (χ1) is 11.6. The average Bonchev–Trinajstić information content (AvgIpc) is 2.56. The first kappa shape index (κ1) is 22.9. The Morgan fingerprint density at radius 1 is 0.750 bits per heavy atom. The highest BCUT2D eigenvalue weighted by Crippen LogP contribution is 2.13. The fourth-order valence-corrected chi connectivity index (χ4v) is 2.79. The van der Waals surface area contributed by atoms with E-state index in [-0.39, 0.29) is 5.97 Å². The van der Waals surface area contributed by atoms with Gasteiger partial charge in [-0.05, 0) is 19.3 Å². The van der Waals surface area contributed by atoms with Crippen molar-refractivity contribution in [3.8, 4) is 0 Å². The number of hydrogen-bond acceptors (Lipinski definition) is 3. The third-order valence-corrected chi connectivity index (χ3v) is 4.35. The Kier molecular flexibility index (Phi) is 16.0. The molecular formula is C20H38O4. The van der Waals surface area contributed by atoms with Crippen LogP contribution in [0.2, 0.25) is 0 Å². The van der Waals surface area contributed by atoms with Gasteiger partial charge in [-0.25, -0.2) is 4.79 Å². The van der Waals surface area contributed by atoms with Crippen LogP contribution in [0.1, 0.15) is 110 Å². The van der Waals surface area contributed by atoms with Gasteiger partial charge in [0.2, 0.25) is 0 Å². The molecule has 0 fully saturated rings. The van der Waals surface area contributed by atoms with Gasteiger partial charge >= 0.3 is 11.9 Å². The van der Waals surface area contributed by atoms with Crippen molar-refractivity contribution in [1.29, 1.82) is 0 Å². The Labute approximate surface area is 148 Å². The van der Waals surface area contributed by atoms with Crippen molar-refractivity contribution in [2.24, 2.45) is 0 Å². The molecule has 0 spiro atoms. The van der Waals surface area contributed by atoms with Crippen molar-refractivity contribution in [1.82, 2.24) is 0 Å². The molecule has 1 unspecified atom stereocenters. The third-order valence-electron chi connectivity index (χ3n) is 4.35. The van der Waals surface area contributed by atoms with Crippen molar-refractivity contribution in [2.45, 2.75) is 116 Å². The maximum absolute atomic E-state index is 11.8. The number of aliphatic carboxylic acids is 1. The molecule has 0 aliphatic carbocycles. The van der Waals surface area contributed by atoms with Gasteiger partial charge in [-0.2, -0.15) is 0 Å². The number of carbonyl (C=O) groups excluding carboxylic acids is 1. The second kappa shape index (κ2) is 16.8. The lowest BCUT2D eigenvalue weighted by Crippen LogP contribution is -2.27. The molecule has 0 aromatic carbocycles. The Bertz CT molecular complexity index is 315. The molecular weight excluding hydrogens is 304 g/mol. The van der Waals surface area contributed by atoms with Gasteiger partial charge in [0, 0.05) is 6.42 Å². The molecule has 0 saturated carbocycles. The van der Waals surface area contributed by atoms with Gasteiger partial charge in [0.25, 0.3) is 0 Å². The smallest absolute Gasteiger partial charge is 0.345 e. The molecule has 24 heavy (non-hydrogen) atoms. The van der Waals surface area contributed by atoms with Gasteiger partial charge in [-0.3, -0.25) is 4.79 Å². The van der Waals surface area contributed by atoms with Crippen molar-refractivity contribution in [3.05, 3.63) is 0 Å². The summed E-state index contributed by atoms with van der Waals surface area (Å²) in [6, 6.07) is 0. The molecule has 0 aromatic rings. The summed E-state index contributed by atoms with van der Waals surface area (Å²) in [6.45, 7) is 4.33. The lowest BCUT2D eigenvalue weighted by atomic mass is 10.1. The van der Waals surface area contributed by atoms with Crippen molar-refractivity contribution in [2.75, 3.05) is 0 Å². The first-order valence-corrected chi connectivity index (χ1v) is 10.0. The molecule has 4 heteroatoms. The molecule has 0 bridgehead atoms. The van der Waals surface area contributed by atoms with Gasteiger partial charge in [0.15, 0.2) is 6.10 Å².